The van der Waals surface area contributed by atoms with Crippen LogP contribution in [-0.2, 0) is 9.59 Å². The minimum Gasteiger partial charge on any atom is -0.296 e. The third kappa shape index (κ3) is 3.02. The van der Waals surface area contributed by atoms with Gasteiger partial charge in [-0.05, 0) is 48.3 Å². The third-order valence-corrected chi connectivity index (χ3v) is 6.38. The van der Waals surface area contributed by atoms with Gasteiger partial charge in [0.2, 0.25) is 11.8 Å². The van der Waals surface area contributed by atoms with Crippen molar-refractivity contribution >= 4 is 11.8 Å². The van der Waals surface area contributed by atoms with E-state index in [9.17, 15) is 9.59 Å². The highest BCUT2D eigenvalue weighted by atomic mass is 16.2. The maximum absolute atomic E-state index is 12.3. The normalized spacial score (nSPS) is 34.4. The molecule has 2 aliphatic rings. The SMILES string of the molecule is CCC(C)(C)C1CCC2(CC1)CC(=O)NC(=O)C2C(C)C. The van der Waals surface area contributed by atoms with Crippen LogP contribution in [0.5, 0.6) is 0 Å². The lowest BCUT2D eigenvalue weighted by atomic mass is 9.55. The number of nitrogens with one attached hydrogen (secondary N) is 1. The number of amides is 2. The van der Waals surface area contributed by atoms with Crippen molar-refractivity contribution in [2.75, 3.05) is 0 Å². The number of hydrogen-bond acceptors (Lipinski definition) is 2. The molecule has 0 aromatic heterocycles. The largest absolute Gasteiger partial charge is 0.296 e. The Labute approximate surface area is 129 Å². The first kappa shape index (κ1) is 16.5. The smallest absolute Gasteiger partial charge is 0.230 e. The van der Waals surface area contributed by atoms with E-state index in [1.807, 2.05) is 0 Å². The van der Waals surface area contributed by atoms with Crippen LogP contribution in [0, 0.1) is 28.6 Å². The van der Waals surface area contributed by atoms with Crippen LogP contribution >= 0.6 is 0 Å². The maximum Gasteiger partial charge on any atom is 0.230 e. The van der Waals surface area contributed by atoms with Gasteiger partial charge in [-0.1, -0.05) is 41.0 Å². The number of rotatable bonds is 3. The van der Waals surface area contributed by atoms with Gasteiger partial charge in [-0.15, -0.1) is 0 Å². The molecule has 120 valence electrons. The van der Waals surface area contributed by atoms with Gasteiger partial charge in [0.05, 0.1) is 0 Å². The van der Waals surface area contributed by atoms with Gasteiger partial charge in [0.1, 0.15) is 0 Å². The number of imide groups is 1. The first-order chi connectivity index (χ1) is 9.72. The zero-order chi connectivity index (χ0) is 15.8. The summed E-state index contributed by atoms with van der Waals surface area (Å²) in [5, 5.41) is 2.56. The molecule has 0 bridgehead atoms. The minimum atomic E-state index is -0.0755. The molecule has 2 rings (SSSR count). The van der Waals surface area contributed by atoms with Crippen LogP contribution in [0.15, 0.2) is 0 Å². The second-order valence-electron chi connectivity index (χ2n) is 8.29. The summed E-state index contributed by atoms with van der Waals surface area (Å²) in [5.41, 5.74) is 0.295. The summed E-state index contributed by atoms with van der Waals surface area (Å²) < 4.78 is 0. The van der Waals surface area contributed by atoms with Crippen molar-refractivity contribution in [3.63, 3.8) is 0 Å². The van der Waals surface area contributed by atoms with Crippen LogP contribution in [0.3, 0.4) is 0 Å². The van der Waals surface area contributed by atoms with Crippen molar-refractivity contribution in [1.29, 1.82) is 0 Å². The van der Waals surface area contributed by atoms with Gasteiger partial charge in [-0.2, -0.15) is 0 Å². The van der Waals surface area contributed by atoms with E-state index in [4.69, 9.17) is 0 Å². The molecule has 1 spiro atoms. The molecule has 2 fully saturated rings. The molecule has 1 heterocycles. The van der Waals surface area contributed by atoms with Gasteiger partial charge in [-0.3, -0.25) is 14.9 Å². The lowest BCUT2D eigenvalue weighted by Gasteiger charge is -2.50. The molecule has 3 heteroatoms. The van der Waals surface area contributed by atoms with E-state index >= 15 is 0 Å². The average molecular weight is 293 g/mol. The summed E-state index contributed by atoms with van der Waals surface area (Å²) in [4.78, 5) is 24.2. The molecule has 21 heavy (non-hydrogen) atoms. The Morgan fingerprint density at radius 1 is 1.24 bits per heavy atom. The van der Waals surface area contributed by atoms with Crippen molar-refractivity contribution in [3.8, 4) is 0 Å². The average Bonchev–Trinajstić information content (AvgIpc) is 2.37. The Balaban J connectivity index is 2.18. The van der Waals surface area contributed by atoms with Crippen LogP contribution < -0.4 is 5.32 Å². The zero-order valence-corrected chi connectivity index (χ0v) is 14.3. The van der Waals surface area contributed by atoms with Gasteiger partial charge >= 0.3 is 0 Å². The quantitative estimate of drug-likeness (QED) is 0.802. The van der Waals surface area contributed by atoms with Gasteiger partial charge in [0, 0.05) is 12.3 Å². The molecule has 0 aromatic carbocycles. The van der Waals surface area contributed by atoms with Crippen molar-refractivity contribution in [2.24, 2.45) is 28.6 Å². The summed E-state index contributed by atoms with van der Waals surface area (Å²) in [6, 6.07) is 0. The molecule has 0 aromatic rings. The molecule has 1 atom stereocenters. The lowest BCUT2D eigenvalue weighted by Crippen LogP contribution is -2.55. The second-order valence-corrected chi connectivity index (χ2v) is 8.29. The molecule has 1 aliphatic heterocycles. The van der Waals surface area contributed by atoms with Crippen LogP contribution in [-0.4, -0.2) is 11.8 Å². The highest BCUT2D eigenvalue weighted by Gasteiger charge is 2.51. The third-order valence-electron chi connectivity index (χ3n) is 6.38. The maximum atomic E-state index is 12.3. The van der Waals surface area contributed by atoms with Crippen molar-refractivity contribution in [2.45, 2.75) is 73.1 Å². The zero-order valence-electron chi connectivity index (χ0n) is 14.3. The molecule has 1 unspecified atom stereocenters. The van der Waals surface area contributed by atoms with Crippen LogP contribution in [0.4, 0.5) is 0 Å². The summed E-state index contributed by atoms with van der Waals surface area (Å²) in [6.07, 6.45) is 6.11. The Bertz CT molecular complexity index is 417. The first-order valence-corrected chi connectivity index (χ1v) is 8.55. The highest BCUT2D eigenvalue weighted by molar-refractivity contribution is 5.99. The minimum absolute atomic E-state index is 0.000823. The Hall–Kier alpha value is -0.860. The van der Waals surface area contributed by atoms with E-state index in [0.717, 1.165) is 31.6 Å². The van der Waals surface area contributed by atoms with Crippen LogP contribution in [0.2, 0.25) is 0 Å². The predicted molar refractivity (Wildman–Crippen MR) is 84.6 cm³/mol. The second kappa shape index (κ2) is 5.73. The van der Waals surface area contributed by atoms with Crippen LogP contribution in [0.25, 0.3) is 0 Å². The Morgan fingerprint density at radius 2 is 1.81 bits per heavy atom. The molecule has 1 N–H and O–H groups in total. The van der Waals surface area contributed by atoms with Gasteiger partial charge in [0.25, 0.3) is 0 Å². The summed E-state index contributed by atoms with van der Waals surface area (Å²) in [7, 11) is 0. The number of carbonyl (C=O) groups excluding carboxylic acids is 2. The van der Waals surface area contributed by atoms with E-state index in [1.54, 1.807) is 0 Å². The summed E-state index contributed by atoms with van der Waals surface area (Å²) in [5.74, 6) is 0.926. The van der Waals surface area contributed by atoms with Crippen LogP contribution in [0.1, 0.15) is 73.1 Å². The molecule has 0 radical (unpaired) electrons. The summed E-state index contributed by atoms with van der Waals surface area (Å²) >= 11 is 0. The molecular weight excluding hydrogens is 262 g/mol. The summed E-state index contributed by atoms with van der Waals surface area (Å²) in [6.45, 7) is 11.2. The standard InChI is InChI=1S/C18H31NO2/c1-6-17(4,5)13-7-9-18(10-8-13)11-14(20)19-16(21)15(18)12(2)3/h12-13,15H,6-11H2,1-5H3,(H,19,20,21). The molecule has 1 aliphatic carbocycles. The Kier molecular flexibility index (Phi) is 4.51. The number of hydrogen-bond donors (Lipinski definition) is 1. The number of piperidine rings is 1. The van der Waals surface area contributed by atoms with Crippen molar-refractivity contribution < 1.29 is 9.59 Å². The molecule has 1 saturated carbocycles. The number of carbonyl (C=O) groups is 2. The van der Waals surface area contributed by atoms with Crippen molar-refractivity contribution in [1.82, 2.24) is 5.32 Å². The lowest BCUT2D eigenvalue weighted by molar-refractivity contribution is -0.149. The van der Waals surface area contributed by atoms with Crippen molar-refractivity contribution in [3.05, 3.63) is 0 Å². The topological polar surface area (TPSA) is 46.2 Å². The molecule has 3 nitrogen and oxygen atoms in total. The van der Waals surface area contributed by atoms with E-state index in [2.05, 4.69) is 39.9 Å². The van der Waals surface area contributed by atoms with E-state index < -0.39 is 0 Å². The van der Waals surface area contributed by atoms with E-state index in [-0.39, 0.29) is 23.1 Å². The molecular formula is C18H31NO2. The fraction of sp³-hybridized carbons (Fsp3) is 0.889. The highest BCUT2D eigenvalue weighted by Crippen LogP contribution is 2.54. The molecule has 1 saturated heterocycles. The Morgan fingerprint density at radius 3 is 2.29 bits per heavy atom. The first-order valence-electron chi connectivity index (χ1n) is 8.55. The van der Waals surface area contributed by atoms with E-state index in [0.29, 0.717) is 17.8 Å². The van der Waals surface area contributed by atoms with Gasteiger partial charge < -0.3 is 0 Å². The fourth-order valence-electron chi connectivity index (χ4n) is 4.73. The van der Waals surface area contributed by atoms with Gasteiger partial charge in [-0.25, -0.2) is 0 Å². The molecule has 2 amide bonds. The predicted octanol–water partition coefficient (Wildman–Crippen LogP) is 3.92. The van der Waals surface area contributed by atoms with Gasteiger partial charge in [0.15, 0.2) is 0 Å². The fourth-order valence-corrected chi connectivity index (χ4v) is 4.73. The monoisotopic (exact) mass is 293 g/mol. The van der Waals surface area contributed by atoms with E-state index in [1.165, 1.54) is 6.42 Å².